The molecule has 0 fully saturated rings. The Morgan fingerprint density at radius 3 is 2.67 bits per heavy atom. The highest BCUT2D eigenvalue weighted by atomic mass is 15.3. The first-order valence-electron chi connectivity index (χ1n) is 5.83. The summed E-state index contributed by atoms with van der Waals surface area (Å²) in [5.74, 6) is 0.891. The van der Waals surface area contributed by atoms with Crippen molar-refractivity contribution in [1.82, 2.24) is 24.3 Å². The lowest BCUT2D eigenvalue weighted by Crippen LogP contribution is -2.08. The zero-order valence-corrected chi connectivity index (χ0v) is 9.85. The Hall–Kier alpha value is -2.43. The minimum absolute atomic E-state index is 0.823. The smallest absolute Gasteiger partial charge is 0.158 e. The number of aromatic nitrogens is 5. The van der Waals surface area contributed by atoms with Gasteiger partial charge in [-0.15, -0.1) is 0 Å². The number of nitrogens with zero attached hydrogens (tertiary/aromatic N) is 5. The van der Waals surface area contributed by atoms with Crippen LogP contribution in [0.25, 0.3) is 11.5 Å². The molecule has 3 aromatic rings. The average molecular weight is 239 g/mol. The Morgan fingerprint density at radius 1 is 0.889 bits per heavy atom. The lowest BCUT2D eigenvalue weighted by atomic mass is 10.3. The fraction of sp³-hybridized carbons (Fsp3) is 0.154. The molecule has 0 atom stereocenters. The second-order valence-electron chi connectivity index (χ2n) is 3.93. The molecule has 0 aliphatic carbocycles. The van der Waals surface area contributed by atoms with Crippen molar-refractivity contribution in [2.45, 2.75) is 13.1 Å². The summed E-state index contributed by atoms with van der Waals surface area (Å²) in [6, 6.07) is 7.76. The van der Waals surface area contributed by atoms with E-state index in [9.17, 15) is 0 Å². The molecular formula is C13H13N5. The number of rotatable bonds is 4. The Kier molecular flexibility index (Phi) is 2.87. The highest BCUT2D eigenvalue weighted by Gasteiger charge is 2.06. The van der Waals surface area contributed by atoms with Crippen molar-refractivity contribution in [2.24, 2.45) is 0 Å². The van der Waals surface area contributed by atoms with Crippen molar-refractivity contribution in [1.29, 1.82) is 0 Å². The first kappa shape index (κ1) is 10.7. The van der Waals surface area contributed by atoms with Gasteiger partial charge in [-0.2, -0.15) is 5.10 Å². The van der Waals surface area contributed by atoms with Crippen LogP contribution < -0.4 is 0 Å². The predicted molar refractivity (Wildman–Crippen MR) is 67.7 cm³/mol. The maximum absolute atomic E-state index is 4.36. The zero-order valence-electron chi connectivity index (χ0n) is 9.85. The molecular weight excluding hydrogens is 226 g/mol. The normalized spacial score (nSPS) is 10.7. The van der Waals surface area contributed by atoms with E-state index in [4.69, 9.17) is 0 Å². The van der Waals surface area contributed by atoms with E-state index in [0.717, 1.165) is 24.6 Å². The predicted octanol–water partition coefficient (Wildman–Crippen LogP) is 1.84. The number of pyridine rings is 1. The lowest BCUT2D eigenvalue weighted by molar-refractivity contribution is 0.536. The largest absolute Gasteiger partial charge is 0.328 e. The maximum Gasteiger partial charge on any atom is 0.158 e. The average Bonchev–Trinajstić information content (AvgIpc) is 3.09. The van der Waals surface area contributed by atoms with Gasteiger partial charge >= 0.3 is 0 Å². The third-order valence-corrected chi connectivity index (χ3v) is 2.74. The van der Waals surface area contributed by atoms with Crippen LogP contribution in [-0.2, 0) is 13.1 Å². The molecule has 0 aromatic carbocycles. The van der Waals surface area contributed by atoms with E-state index >= 15 is 0 Å². The van der Waals surface area contributed by atoms with Crippen molar-refractivity contribution in [2.75, 3.05) is 0 Å². The van der Waals surface area contributed by atoms with Crippen LogP contribution >= 0.6 is 0 Å². The molecule has 0 N–H and O–H groups in total. The van der Waals surface area contributed by atoms with E-state index < -0.39 is 0 Å². The van der Waals surface area contributed by atoms with Crippen molar-refractivity contribution < 1.29 is 0 Å². The quantitative estimate of drug-likeness (QED) is 0.698. The second kappa shape index (κ2) is 4.83. The Morgan fingerprint density at radius 2 is 1.89 bits per heavy atom. The Bertz CT molecular complexity index is 597. The number of imidazole rings is 1. The minimum Gasteiger partial charge on any atom is -0.328 e. The van der Waals surface area contributed by atoms with E-state index in [1.54, 1.807) is 18.6 Å². The number of aryl methyl sites for hydroxylation is 2. The molecule has 0 unspecified atom stereocenters. The van der Waals surface area contributed by atoms with Crippen LogP contribution in [0.5, 0.6) is 0 Å². The molecule has 0 radical (unpaired) electrons. The summed E-state index contributed by atoms with van der Waals surface area (Å²) < 4.78 is 3.99. The van der Waals surface area contributed by atoms with E-state index in [2.05, 4.69) is 19.6 Å². The lowest BCUT2D eigenvalue weighted by Gasteiger charge is -2.07. The van der Waals surface area contributed by atoms with E-state index in [1.807, 2.05) is 41.3 Å². The van der Waals surface area contributed by atoms with Crippen LogP contribution in [0.2, 0.25) is 0 Å². The Labute approximate surface area is 105 Å². The SMILES string of the molecule is c1ccc(-c2nccn2CCn2cccn2)nc1. The van der Waals surface area contributed by atoms with E-state index in [1.165, 1.54) is 0 Å². The molecule has 5 heteroatoms. The molecule has 0 amide bonds. The summed E-state index contributed by atoms with van der Waals surface area (Å²) in [6.07, 6.45) is 9.29. The molecule has 5 nitrogen and oxygen atoms in total. The standard InChI is InChI=1S/C13H13N5/c1-2-5-14-12(4-1)13-15-7-9-17(13)10-11-18-8-3-6-16-18/h1-9H,10-11H2. The minimum atomic E-state index is 0.823. The molecule has 3 heterocycles. The van der Waals surface area contributed by atoms with Gasteiger partial charge in [-0.1, -0.05) is 6.07 Å². The molecule has 0 aliphatic heterocycles. The second-order valence-corrected chi connectivity index (χ2v) is 3.93. The molecule has 0 saturated carbocycles. The van der Waals surface area contributed by atoms with E-state index in [-0.39, 0.29) is 0 Å². The third-order valence-electron chi connectivity index (χ3n) is 2.74. The van der Waals surface area contributed by atoms with Gasteiger partial charge in [0.2, 0.25) is 0 Å². The summed E-state index contributed by atoms with van der Waals surface area (Å²) >= 11 is 0. The van der Waals surface area contributed by atoms with Crippen molar-refractivity contribution in [3.63, 3.8) is 0 Å². The van der Waals surface area contributed by atoms with Gasteiger partial charge in [-0.05, 0) is 18.2 Å². The van der Waals surface area contributed by atoms with Crippen LogP contribution in [0.4, 0.5) is 0 Å². The van der Waals surface area contributed by atoms with Gasteiger partial charge < -0.3 is 4.57 Å². The van der Waals surface area contributed by atoms with Gasteiger partial charge in [0.05, 0.1) is 6.54 Å². The fourth-order valence-electron chi connectivity index (χ4n) is 1.86. The highest BCUT2D eigenvalue weighted by Crippen LogP contribution is 2.13. The molecule has 0 aliphatic rings. The zero-order chi connectivity index (χ0) is 12.2. The summed E-state index contributed by atoms with van der Waals surface area (Å²) in [4.78, 5) is 8.68. The molecule has 90 valence electrons. The van der Waals surface area contributed by atoms with Crippen LogP contribution in [-0.4, -0.2) is 24.3 Å². The fourth-order valence-corrected chi connectivity index (χ4v) is 1.86. The first-order valence-corrected chi connectivity index (χ1v) is 5.83. The molecule has 0 spiro atoms. The summed E-state index contributed by atoms with van der Waals surface area (Å²) in [6.45, 7) is 1.65. The van der Waals surface area contributed by atoms with E-state index in [0.29, 0.717) is 0 Å². The van der Waals surface area contributed by atoms with Crippen molar-refractivity contribution in [3.05, 3.63) is 55.2 Å². The molecule has 3 aromatic heterocycles. The third kappa shape index (κ3) is 2.15. The monoisotopic (exact) mass is 239 g/mol. The highest BCUT2D eigenvalue weighted by molar-refractivity contribution is 5.48. The Balaban J connectivity index is 1.80. The van der Waals surface area contributed by atoms with Gasteiger partial charge in [0, 0.05) is 37.5 Å². The van der Waals surface area contributed by atoms with Gasteiger partial charge in [-0.25, -0.2) is 4.98 Å². The van der Waals surface area contributed by atoms with Crippen LogP contribution in [0, 0.1) is 0 Å². The molecule has 0 saturated heterocycles. The number of hydrogen-bond acceptors (Lipinski definition) is 3. The van der Waals surface area contributed by atoms with Gasteiger partial charge in [0.25, 0.3) is 0 Å². The topological polar surface area (TPSA) is 48.5 Å². The van der Waals surface area contributed by atoms with Crippen LogP contribution in [0.15, 0.2) is 55.2 Å². The van der Waals surface area contributed by atoms with Crippen molar-refractivity contribution >= 4 is 0 Å². The van der Waals surface area contributed by atoms with Crippen LogP contribution in [0.3, 0.4) is 0 Å². The number of hydrogen-bond donors (Lipinski definition) is 0. The summed E-state index contributed by atoms with van der Waals surface area (Å²) in [5, 5.41) is 4.19. The maximum atomic E-state index is 4.36. The van der Waals surface area contributed by atoms with Crippen molar-refractivity contribution in [3.8, 4) is 11.5 Å². The van der Waals surface area contributed by atoms with Gasteiger partial charge in [0.15, 0.2) is 5.82 Å². The van der Waals surface area contributed by atoms with Gasteiger partial charge in [0.1, 0.15) is 5.69 Å². The summed E-state index contributed by atoms with van der Waals surface area (Å²) in [7, 11) is 0. The summed E-state index contributed by atoms with van der Waals surface area (Å²) in [5.41, 5.74) is 0.892. The first-order chi connectivity index (χ1) is 8.93. The molecule has 0 bridgehead atoms. The van der Waals surface area contributed by atoms with Crippen LogP contribution in [0.1, 0.15) is 0 Å². The van der Waals surface area contributed by atoms with Gasteiger partial charge in [-0.3, -0.25) is 9.67 Å². The molecule has 18 heavy (non-hydrogen) atoms. The molecule has 3 rings (SSSR count).